The summed E-state index contributed by atoms with van der Waals surface area (Å²) >= 11 is 0. The zero-order valence-corrected chi connectivity index (χ0v) is 11.9. The van der Waals surface area contributed by atoms with Crippen molar-refractivity contribution in [3.05, 3.63) is 0 Å². The van der Waals surface area contributed by atoms with E-state index in [1.165, 1.54) is 0 Å². The average Bonchev–Trinajstić information content (AvgIpc) is 2.35. The van der Waals surface area contributed by atoms with Gasteiger partial charge in [0.2, 0.25) is 5.91 Å². The molecule has 1 rings (SSSR count). The fourth-order valence-electron chi connectivity index (χ4n) is 2.05. The van der Waals surface area contributed by atoms with Crippen molar-refractivity contribution in [1.29, 1.82) is 0 Å². The second-order valence-electron chi connectivity index (χ2n) is 5.82. The van der Waals surface area contributed by atoms with Crippen molar-refractivity contribution in [3.8, 4) is 0 Å². The minimum atomic E-state index is -0.505. The number of amides is 2. The Labute approximate surface area is 114 Å². The highest BCUT2D eigenvalue weighted by Gasteiger charge is 2.30. The molecule has 1 heterocycles. The van der Waals surface area contributed by atoms with Gasteiger partial charge >= 0.3 is 6.09 Å². The normalized spacial score (nSPS) is 17.2. The number of aliphatic hydroxyl groups is 1. The van der Waals surface area contributed by atoms with Crippen molar-refractivity contribution in [2.24, 2.45) is 5.41 Å². The van der Waals surface area contributed by atoms with Gasteiger partial charge in [-0.05, 0) is 12.8 Å². The van der Waals surface area contributed by atoms with Crippen LogP contribution in [0.1, 0.15) is 33.6 Å². The number of hydrogen-bond acceptors (Lipinski definition) is 4. The first-order chi connectivity index (χ1) is 8.84. The summed E-state index contributed by atoms with van der Waals surface area (Å²) in [6.07, 6.45) is 0.959. The predicted molar refractivity (Wildman–Crippen MR) is 70.6 cm³/mol. The molecule has 19 heavy (non-hydrogen) atoms. The molecule has 0 spiro atoms. The van der Waals surface area contributed by atoms with E-state index in [1.807, 2.05) is 25.7 Å². The molecule has 6 nitrogen and oxygen atoms in total. The number of carbonyl (C=O) groups is 2. The van der Waals surface area contributed by atoms with Crippen LogP contribution in [0.15, 0.2) is 0 Å². The zero-order valence-electron chi connectivity index (χ0n) is 11.9. The van der Waals surface area contributed by atoms with Crippen molar-refractivity contribution in [2.45, 2.75) is 39.7 Å². The first-order valence-electron chi connectivity index (χ1n) is 6.68. The number of carbonyl (C=O) groups excluding carboxylic acids is 2. The Bertz CT molecular complexity index is 317. The number of nitrogens with zero attached hydrogens (tertiary/aromatic N) is 1. The second-order valence-corrected chi connectivity index (χ2v) is 5.82. The lowest BCUT2D eigenvalue weighted by molar-refractivity contribution is -0.140. The van der Waals surface area contributed by atoms with Gasteiger partial charge in [0.05, 0.1) is 6.61 Å². The molecule has 1 fully saturated rings. The Morgan fingerprint density at radius 1 is 1.32 bits per heavy atom. The summed E-state index contributed by atoms with van der Waals surface area (Å²) in [6, 6.07) is 0.0372. The number of alkyl carbamates (subject to hydrolysis) is 1. The molecule has 6 heteroatoms. The predicted octanol–water partition coefficient (Wildman–Crippen LogP) is 0.742. The number of ether oxygens (including phenoxy) is 1. The molecule has 1 aliphatic rings. The first kappa shape index (κ1) is 15.8. The summed E-state index contributed by atoms with van der Waals surface area (Å²) in [5.74, 6) is 0.147. The van der Waals surface area contributed by atoms with Crippen molar-refractivity contribution in [1.82, 2.24) is 10.2 Å². The SMILES string of the molecule is CC(C)(C)C(=O)N1CCC(NC(=O)OCCO)CC1. The summed E-state index contributed by atoms with van der Waals surface area (Å²) in [5, 5.41) is 11.3. The zero-order chi connectivity index (χ0) is 14.5. The molecule has 2 amide bonds. The molecule has 0 aromatic heterocycles. The van der Waals surface area contributed by atoms with E-state index in [-0.39, 0.29) is 30.6 Å². The Kier molecular flexibility index (Phi) is 5.60. The molecular formula is C13H24N2O4. The molecule has 110 valence electrons. The highest BCUT2D eigenvalue weighted by molar-refractivity contribution is 5.81. The smallest absolute Gasteiger partial charge is 0.407 e. The summed E-state index contributed by atoms with van der Waals surface area (Å²) in [5.41, 5.74) is -0.361. The highest BCUT2D eigenvalue weighted by Crippen LogP contribution is 2.20. The van der Waals surface area contributed by atoms with Gasteiger partial charge in [0, 0.05) is 24.5 Å². The third-order valence-electron chi connectivity index (χ3n) is 3.07. The van der Waals surface area contributed by atoms with Crippen molar-refractivity contribution < 1.29 is 19.4 Å². The number of hydrogen-bond donors (Lipinski definition) is 2. The van der Waals surface area contributed by atoms with Crippen LogP contribution in [-0.2, 0) is 9.53 Å². The van der Waals surface area contributed by atoms with Gasteiger partial charge in [-0.3, -0.25) is 4.79 Å². The third kappa shape index (κ3) is 5.06. The molecule has 0 aromatic rings. The van der Waals surface area contributed by atoms with E-state index >= 15 is 0 Å². The lowest BCUT2D eigenvalue weighted by atomic mass is 9.93. The topological polar surface area (TPSA) is 78.9 Å². The fourth-order valence-corrected chi connectivity index (χ4v) is 2.05. The second kappa shape index (κ2) is 6.75. The van der Waals surface area contributed by atoms with Gasteiger partial charge in [-0.2, -0.15) is 0 Å². The molecule has 0 aliphatic carbocycles. The number of likely N-dealkylation sites (tertiary alicyclic amines) is 1. The van der Waals surface area contributed by atoms with Crippen LogP contribution < -0.4 is 5.32 Å². The van der Waals surface area contributed by atoms with Crippen molar-refractivity contribution in [2.75, 3.05) is 26.3 Å². The van der Waals surface area contributed by atoms with E-state index in [4.69, 9.17) is 9.84 Å². The van der Waals surface area contributed by atoms with Crippen LogP contribution in [0.4, 0.5) is 4.79 Å². The van der Waals surface area contributed by atoms with Crippen LogP contribution >= 0.6 is 0 Å². The summed E-state index contributed by atoms with van der Waals surface area (Å²) in [7, 11) is 0. The molecule has 0 aromatic carbocycles. The Morgan fingerprint density at radius 2 is 1.89 bits per heavy atom. The molecule has 0 unspecified atom stereocenters. The molecular weight excluding hydrogens is 248 g/mol. The first-order valence-corrected chi connectivity index (χ1v) is 6.68. The van der Waals surface area contributed by atoms with Crippen LogP contribution in [0.5, 0.6) is 0 Å². The highest BCUT2D eigenvalue weighted by atomic mass is 16.6. The average molecular weight is 272 g/mol. The minimum absolute atomic E-state index is 0.00713. The quantitative estimate of drug-likeness (QED) is 0.794. The van der Waals surface area contributed by atoms with Gasteiger partial charge in [-0.25, -0.2) is 4.79 Å². The molecule has 2 N–H and O–H groups in total. The van der Waals surface area contributed by atoms with Crippen LogP contribution in [-0.4, -0.2) is 54.4 Å². The van der Waals surface area contributed by atoms with Crippen molar-refractivity contribution in [3.63, 3.8) is 0 Å². The Hall–Kier alpha value is -1.30. The molecule has 1 saturated heterocycles. The van der Waals surface area contributed by atoms with Gasteiger partial charge < -0.3 is 20.1 Å². The van der Waals surface area contributed by atoms with E-state index in [0.717, 1.165) is 12.8 Å². The molecule has 0 saturated carbocycles. The fraction of sp³-hybridized carbons (Fsp3) is 0.846. The third-order valence-corrected chi connectivity index (χ3v) is 3.07. The van der Waals surface area contributed by atoms with Gasteiger partial charge in [-0.1, -0.05) is 20.8 Å². The number of aliphatic hydroxyl groups excluding tert-OH is 1. The van der Waals surface area contributed by atoms with Crippen LogP contribution in [0.2, 0.25) is 0 Å². The van der Waals surface area contributed by atoms with Crippen LogP contribution in [0, 0.1) is 5.41 Å². The van der Waals surface area contributed by atoms with Gasteiger partial charge in [-0.15, -0.1) is 0 Å². The van der Waals surface area contributed by atoms with E-state index in [0.29, 0.717) is 13.1 Å². The summed E-state index contributed by atoms with van der Waals surface area (Å²) < 4.78 is 4.74. The standard InChI is InChI=1S/C13H24N2O4/c1-13(2,3)11(17)15-6-4-10(5-7-15)14-12(18)19-9-8-16/h10,16H,4-9H2,1-3H3,(H,14,18). The van der Waals surface area contributed by atoms with Crippen LogP contribution in [0.3, 0.4) is 0 Å². The lowest BCUT2D eigenvalue weighted by Crippen LogP contribution is -2.49. The number of rotatable bonds is 3. The maximum Gasteiger partial charge on any atom is 0.407 e. The largest absolute Gasteiger partial charge is 0.447 e. The number of nitrogens with one attached hydrogen (secondary N) is 1. The minimum Gasteiger partial charge on any atom is -0.447 e. The lowest BCUT2D eigenvalue weighted by Gasteiger charge is -2.35. The van der Waals surface area contributed by atoms with E-state index in [9.17, 15) is 9.59 Å². The molecule has 0 bridgehead atoms. The van der Waals surface area contributed by atoms with E-state index < -0.39 is 6.09 Å². The van der Waals surface area contributed by atoms with Crippen LogP contribution in [0.25, 0.3) is 0 Å². The summed E-state index contributed by atoms with van der Waals surface area (Å²) in [6.45, 7) is 6.87. The monoisotopic (exact) mass is 272 g/mol. The summed E-state index contributed by atoms with van der Waals surface area (Å²) in [4.78, 5) is 25.2. The van der Waals surface area contributed by atoms with Crippen molar-refractivity contribution >= 4 is 12.0 Å². The van der Waals surface area contributed by atoms with Gasteiger partial charge in [0.1, 0.15) is 6.61 Å². The molecule has 0 atom stereocenters. The maximum absolute atomic E-state index is 12.1. The van der Waals surface area contributed by atoms with Gasteiger partial charge in [0.15, 0.2) is 0 Å². The van der Waals surface area contributed by atoms with E-state index in [2.05, 4.69) is 5.32 Å². The van der Waals surface area contributed by atoms with E-state index in [1.54, 1.807) is 0 Å². The Morgan fingerprint density at radius 3 is 2.37 bits per heavy atom. The Balaban J connectivity index is 2.33. The number of piperidine rings is 1. The molecule has 1 aliphatic heterocycles. The molecule has 0 radical (unpaired) electrons. The maximum atomic E-state index is 12.1. The van der Waals surface area contributed by atoms with Gasteiger partial charge in [0.25, 0.3) is 0 Å².